The second kappa shape index (κ2) is 5.68. The van der Waals surface area contributed by atoms with Crippen molar-refractivity contribution in [2.45, 2.75) is 19.4 Å². The van der Waals surface area contributed by atoms with E-state index in [0.29, 0.717) is 13.2 Å². The maximum absolute atomic E-state index is 11.0. The van der Waals surface area contributed by atoms with Crippen LogP contribution in [0, 0.1) is 0 Å². The third-order valence-electron chi connectivity index (χ3n) is 2.92. The summed E-state index contributed by atoms with van der Waals surface area (Å²) in [4.78, 5) is 12.8. The first kappa shape index (κ1) is 13.5. The van der Waals surface area contributed by atoms with Crippen LogP contribution in [-0.4, -0.2) is 41.7 Å². The molecule has 0 unspecified atom stereocenters. The van der Waals surface area contributed by atoms with Gasteiger partial charge >= 0.3 is 5.97 Å². The van der Waals surface area contributed by atoms with E-state index in [2.05, 4.69) is 0 Å². The molecule has 0 aliphatic carbocycles. The second-order valence-corrected chi connectivity index (χ2v) is 4.45. The van der Waals surface area contributed by atoms with E-state index in [1.54, 1.807) is 25.8 Å². The number of hydrogen-bond donors (Lipinski definition) is 1. The molecule has 1 N–H and O–H groups in total. The van der Waals surface area contributed by atoms with Crippen LogP contribution in [-0.2, 0) is 4.79 Å². The Hall–Kier alpha value is -1.55. The molecule has 0 saturated heterocycles. The van der Waals surface area contributed by atoms with Crippen molar-refractivity contribution in [2.24, 2.45) is 0 Å². The number of hydrogen-bond acceptors (Lipinski definition) is 3. The molecule has 0 radical (unpaired) electrons. The molecule has 17 heavy (non-hydrogen) atoms. The first-order valence-electron chi connectivity index (χ1n) is 5.57. The first-order valence-corrected chi connectivity index (χ1v) is 5.57. The number of carboxylic acid groups (broad SMARTS) is 1. The molecular formula is C13H19NO3. The van der Waals surface area contributed by atoms with Gasteiger partial charge in [-0.3, -0.25) is 9.69 Å². The predicted molar refractivity (Wildman–Crippen MR) is 66.3 cm³/mol. The number of aliphatic carboxylic acids is 1. The van der Waals surface area contributed by atoms with Gasteiger partial charge in [0.05, 0.1) is 0 Å². The van der Waals surface area contributed by atoms with Crippen molar-refractivity contribution < 1.29 is 14.6 Å². The van der Waals surface area contributed by atoms with Crippen molar-refractivity contribution in [3.63, 3.8) is 0 Å². The Balaban J connectivity index is 2.39. The molecular weight excluding hydrogens is 218 g/mol. The molecule has 0 amide bonds. The zero-order valence-electron chi connectivity index (χ0n) is 10.5. The van der Waals surface area contributed by atoms with Gasteiger partial charge in [-0.1, -0.05) is 18.2 Å². The van der Waals surface area contributed by atoms with E-state index < -0.39 is 11.5 Å². The fraction of sp³-hybridized carbons (Fsp3) is 0.462. The number of nitrogens with zero attached hydrogens (tertiary/aromatic N) is 1. The summed E-state index contributed by atoms with van der Waals surface area (Å²) in [5.74, 6) is -0.0336. The molecule has 0 fully saturated rings. The fourth-order valence-corrected chi connectivity index (χ4v) is 1.26. The zero-order valence-corrected chi connectivity index (χ0v) is 10.5. The summed E-state index contributed by atoms with van der Waals surface area (Å²) in [7, 11) is 1.78. The molecule has 4 heteroatoms. The van der Waals surface area contributed by atoms with E-state index in [9.17, 15) is 4.79 Å². The number of ether oxygens (including phenoxy) is 1. The van der Waals surface area contributed by atoms with Crippen molar-refractivity contribution >= 4 is 5.97 Å². The highest BCUT2D eigenvalue weighted by Crippen LogP contribution is 2.13. The normalized spacial score (nSPS) is 11.5. The van der Waals surface area contributed by atoms with E-state index in [4.69, 9.17) is 9.84 Å². The maximum atomic E-state index is 11.0. The molecule has 94 valence electrons. The SMILES string of the molecule is CN(CCOc1ccccc1)C(C)(C)C(=O)O. The first-order chi connectivity index (χ1) is 7.94. The topological polar surface area (TPSA) is 49.8 Å². The van der Waals surface area contributed by atoms with E-state index >= 15 is 0 Å². The summed E-state index contributed by atoms with van der Waals surface area (Å²) in [6, 6.07) is 9.48. The van der Waals surface area contributed by atoms with E-state index in [1.807, 2.05) is 30.3 Å². The lowest BCUT2D eigenvalue weighted by Gasteiger charge is -2.31. The largest absolute Gasteiger partial charge is 0.492 e. The van der Waals surface area contributed by atoms with Gasteiger partial charge < -0.3 is 9.84 Å². The molecule has 0 saturated carbocycles. The van der Waals surface area contributed by atoms with Crippen LogP contribution in [0.15, 0.2) is 30.3 Å². The third kappa shape index (κ3) is 3.75. The average molecular weight is 237 g/mol. The van der Waals surface area contributed by atoms with Gasteiger partial charge in [-0.25, -0.2) is 0 Å². The highest BCUT2D eigenvalue weighted by atomic mass is 16.5. The summed E-state index contributed by atoms with van der Waals surface area (Å²) >= 11 is 0. The monoisotopic (exact) mass is 237 g/mol. The summed E-state index contributed by atoms with van der Waals surface area (Å²) in [6.07, 6.45) is 0. The average Bonchev–Trinajstić information content (AvgIpc) is 2.30. The number of rotatable bonds is 6. The molecule has 1 aromatic rings. The molecule has 0 heterocycles. The minimum Gasteiger partial charge on any atom is -0.492 e. The van der Waals surface area contributed by atoms with Crippen molar-refractivity contribution in [2.75, 3.05) is 20.2 Å². The van der Waals surface area contributed by atoms with E-state index in [0.717, 1.165) is 5.75 Å². The molecule has 4 nitrogen and oxygen atoms in total. The summed E-state index contributed by atoms with van der Waals surface area (Å²) < 4.78 is 5.52. The predicted octanol–water partition coefficient (Wildman–Crippen LogP) is 1.86. The van der Waals surface area contributed by atoms with Gasteiger partial charge in [0.2, 0.25) is 0 Å². The molecule has 1 rings (SSSR count). The Morgan fingerprint density at radius 3 is 2.47 bits per heavy atom. The number of benzene rings is 1. The van der Waals surface area contributed by atoms with Crippen LogP contribution in [0.5, 0.6) is 5.75 Å². The summed E-state index contributed by atoms with van der Waals surface area (Å²) in [6.45, 7) is 4.39. The summed E-state index contributed by atoms with van der Waals surface area (Å²) in [5.41, 5.74) is -0.875. The zero-order chi connectivity index (χ0) is 12.9. The van der Waals surface area contributed by atoms with Crippen molar-refractivity contribution in [1.29, 1.82) is 0 Å². The quantitative estimate of drug-likeness (QED) is 0.820. The second-order valence-electron chi connectivity index (χ2n) is 4.45. The lowest BCUT2D eigenvalue weighted by molar-refractivity contribution is -0.148. The lowest BCUT2D eigenvalue weighted by Crippen LogP contribution is -2.49. The number of para-hydroxylation sites is 1. The number of carbonyl (C=O) groups is 1. The van der Waals surface area contributed by atoms with Crippen molar-refractivity contribution in [3.8, 4) is 5.75 Å². The van der Waals surface area contributed by atoms with Gasteiger partial charge in [0.15, 0.2) is 0 Å². The highest BCUT2D eigenvalue weighted by molar-refractivity contribution is 5.77. The highest BCUT2D eigenvalue weighted by Gasteiger charge is 2.31. The van der Waals surface area contributed by atoms with Gasteiger partial charge in [-0.15, -0.1) is 0 Å². The number of likely N-dealkylation sites (N-methyl/N-ethyl adjacent to an activating group) is 1. The van der Waals surface area contributed by atoms with Gasteiger partial charge in [-0.05, 0) is 33.0 Å². The minimum atomic E-state index is -0.875. The Morgan fingerprint density at radius 2 is 1.94 bits per heavy atom. The van der Waals surface area contributed by atoms with Gasteiger partial charge in [-0.2, -0.15) is 0 Å². The Labute approximate surface area is 102 Å². The van der Waals surface area contributed by atoms with Crippen LogP contribution in [0.1, 0.15) is 13.8 Å². The van der Waals surface area contributed by atoms with E-state index in [1.165, 1.54) is 0 Å². The van der Waals surface area contributed by atoms with Crippen LogP contribution in [0.4, 0.5) is 0 Å². The van der Waals surface area contributed by atoms with Crippen molar-refractivity contribution in [3.05, 3.63) is 30.3 Å². The Kier molecular flexibility index (Phi) is 4.52. The van der Waals surface area contributed by atoms with Crippen LogP contribution < -0.4 is 4.74 Å². The maximum Gasteiger partial charge on any atom is 0.323 e. The molecule has 1 aromatic carbocycles. The third-order valence-corrected chi connectivity index (χ3v) is 2.92. The molecule has 0 spiro atoms. The summed E-state index contributed by atoms with van der Waals surface area (Å²) in [5, 5.41) is 9.05. The lowest BCUT2D eigenvalue weighted by atomic mass is 10.0. The van der Waals surface area contributed by atoms with Gasteiger partial charge in [0, 0.05) is 6.54 Å². The number of carboxylic acids is 1. The van der Waals surface area contributed by atoms with E-state index in [-0.39, 0.29) is 0 Å². The van der Waals surface area contributed by atoms with Gasteiger partial charge in [0.1, 0.15) is 17.9 Å². The molecule has 0 atom stereocenters. The van der Waals surface area contributed by atoms with Crippen LogP contribution in [0.25, 0.3) is 0 Å². The van der Waals surface area contributed by atoms with Gasteiger partial charge in [0.25, 0.3) is 0 Å². The van der Waals surface area contributed by atoms with Crippen LogP contribution in [0.3, 0.4) is 0 Å². The standard InChI is InChI=1S/C13H19NO3/c1-13(2,12(15)16)14(3)9-10-17-11-7-5-4-6-8-11/h4-8H,9-10H2,1-3H3,(H,15,16). The molecule has 0 aromatic heterocycles. The van der Waals surface area contributed by atoms with Crippen LogP contribution >= 0.6 is 0 Å². The van der Waals surface area contributed by atoms with Crippen LogP contribution in [0.2, 0.25) is 0 Å². The smallest absolute Gasteiger partial charge is 0.323 e. The molecule has 0 aliphatic rings. The minimum absolute atomic E-state index is 0.469. The molecule has 0 aliphatic heterocycles. The fourth-order valence-electron chi connectivity index (χ4n) is 1.26. The van der Waals surface area contributed by atoms with Crippen molar-refractivity contribution in [1.82, 2.24) is 4.90 Å². The molecule has 0 bridgehead atoms. The Morgan fingerprint density at radius 1 is 1.35 bits per heavy atom. The Bertz CT molecular complexity index is 362.